The van der Waals surface area contributed by atoms with Crippen molar-refractivity contribution >= 4 is 41.3 Å². The number of methoxy groups -OCH3 is 1. The minimum absolute atomic E-state index is 0. The zero-order valence-electron chi connectivity index (χ0n) is 15.9. The summed E-state index contributed by atoms with van der Waals surface area (Å²) >= 11 is 1.69. The quantitative estimate of drug-likeness (QED) is 0.330. The number of hydrogen-bond donors (Lipinski definition) is 2. The molecule has 2 aromatic rings. The highest BCUT2D eigenvalue weighted by Gasteiger charge is 2.06. The predicted molar refractivity (Wildman–Crippen MR) is 121 cm³/mol. The molecule has 1 aromatic heterocycles. The van der Waals surface area contributed by atoms with Gasteiger partial charge in [-0.3, -0.25) is 0 Å². The molecule has 1 unspecified atom stereocenters. The maximum absolute atomic E-state index is 5.21. The first-order valence-electron chi connectivity index (χ1n) is 8.69. The Labute approximate surface area is 177 Å². The van der Waals surface area contributed by atoms with E-state index in [-0.39, 0.29) is 24.0 Å². The molecule has 0 amide bonds. The fourth-order valence-electron chi connectivity index (χ4n) is 2.47. The Bertz CT molecular complexity index is 672. The zero-order valence-corrected chi connectivity index (χ0v) is 19.1. The third-order valence-electron chi connectivity index (χ3n) is 3.94. The predicted octanol–water partition coefficient (Wildman–Crippen LogP) is 4.33. The highest BCUT2D eigenvalue weighted by molar-refractivity contribution is 14.0. The molecule has 144 valence electrons. The maximum atomic E-state index is 5.21. The topological polar surface area (TPSA) is 58.5 Å². The minimum Gasteiger partial charge on any atom is -0.497 e. The SMILES string of the molecule is CCNC(=NCc1ncc(C)s1)NCCC(C)c1ccc(OC)cc1.I. The monoisotopic (exact) mass is 488 g/mol. The van der Waals surface area contributed by atoms with Crippen LogP contribution in [-0.4, -0.2) is 31.1 Å². The lowest BCUT2D eigenvalue weighted by Gasteiger charge is -2.15. The van der Waals surface area contributed by atoms with E-state index in [4.69, 9.17) is 4.74 Å². The van der Waals surface area contributed by atoms with Gasteiger partial charge < -0.3 is 15.4 Å². The van der Waals surface area contributed by atoms with Gasteiger partial charge in [-0.1, -0.05) is 19.1 Å². The molecule has 26 heavy (non-hydrogen) atoms. The van der Waals surface area contributed by atoms with Crippen LogP contribution in [0, 0.1) is 6.92 Å². The molecule has 0 bridgehead atoms. The van der Waals surface area contributed by atoms with E-state index in [0.29, 0.717) is 12.5 Å². The van der Waals surface area contributed by atoms with Crippen LogP contribution in [0.15, 0.2) is 35.5 Å². The van der Waals surface area contributed by atoms with Crippen LogP contribution in [0.4, 0.5) is 0 Å². The second-order valence-electron chi connectivity index (χ2n) is 5.95. The number of aromatic nitrogens is 1. The number of halogens is 1. The van der Waals surface area contributed by atoms with Gasteiger partial charge in [0.05, 0.1) is 13.7 Å². The average Bonchev–Trinajstić information content (AvgIpc) is 3.05. The number of nitrogens with one attached hydrogen (secondary N) is 2. The molecule has 0 fully saturated rings. The molecule has 0 aliphatic carbocycles. The summed E-state index contributed by atoms with van der Waals surface area (Å²) in [6, 6.07) is 8.29. The molecule has 1 atom stereocenters. The highest BCUT2D eigenvalue weighted by Crippen LogP contribution is 2.21. The molecule has 2 rings (SSSR count). The van der Waals surface area contributed by atoms with Crippen LogP contribution in [-0.2, 0) is 6.54 Å². The third kappa shape index (κ3) is 7.49. The molecule has 0 radical (unpaired) electrons. The van der Waals surface area contributed by atoms with Crippen LogP contribution in [0.25, 0.3) is 0 Å². The molecular formula is C19H29IN4OS. The Morgan fingerprint density at radius 2 is 2.00 bits per heavy atom. The smallest absolute Gasteiger partial charge is 0.191 e. The number of rotatable bonds is 8. The van der Waals surface area contributed by atoms with Crippen molar-refractivity contribution in [3.05, 3.63) is 45.9 Å². The molecule has 7 heteroatoms. The van der Waals surface area contributed by atoms with Crippen LogP contribution in [0.1, 0.15) is 41.6 Å². The van der Waals surface area contributed by atoms with Gasteiger partial charge in [-0.15, -0.1) is 35.3 Å². The first-order valence-corrected chi connectivity index (χ1v) is 9.51. The zero-order chi connectivity index (χ0) is 18.1. The summed E-state index contributed by atoms with van der Waals surface area (Å²) in [7, 11) is 1.69. The maximum Gasteiger partial charge on any atom is 0.191 e. The first-order chi connectivity index (χ1) is 12.1. The number of thiazole rings is 1. The van der Waals surface area contributed by atoms with E-state index >= 15 is 0 Å². The largest absolute Gasteiger partial charge is 0.497 e. The van der Waals surface area contributed by atoms with E-state index < -0.39 is 0 Å². The molecule has 5 nitrogen and oxygen atoms in total. The van der Waals surface area contributed by atoms with Crippen molar-refractivity contribution in [3.63, 3.8) is 0 Å². The molecule has 2 N–H and O–H groups in total. The summed E-state index contributed by atoms with van der Waals surface area (Å²) in [5.41, 5.74) is 1.32. The van der Waals surface area contributed by atoms with Gasteiger partial charge in [0.15, 0.2) is 5.96 Å². The van der Waals surface area contributed by atoms with E-state index in [9.17, 15) is 0 Å². The molecule has 1 heterocycles. The van der Waals surface area contributed by atoms with Gasteiger partial charge in [0.1, 0.15) is 10.8 Å². The lowest BCUT2D eigenvalue weighted by molar-refractivity contribution is 0.414. The third-order valence-corrected chi connectivity index (χ3v) is 4.84. The van der Waals surface area contributed by atoms with Gasteiger partial charge >= 0.3 is 0 Å². The van der Waals surface area contributed by atoms with Gasteiger partial charge in [0, 0.05) is 24.2 Å². The summed E-state index contributed by atoms with van der Waals surface area (Å²) in [6.45, 7) is 8.71. The van der Waals surface area contributed by atoms with E-state index in [2.05, 4.69) is 53.5 Å². The fraction of sp³-hybridized carbons (Fsp3) is 0.474. The first kappa shape index (κ1) is 22.7. The van der Waals surface area contributed by atoms with Crippen molar-refractivity contribution in [2.24, 2.45) is 4.99 Å². The summed E-state index contributed by atoms with van der Waals surface area (Å²) in [5.74, 6) is 2.22. The van der Waals surface area contributed by atoms with E-state index in [0.717, 1.165) is 36.2 Å². The number of nitrogens with zero attached hydrogens (tertiary/aromatic N) is 2. The number of aliphatic imine (C=N–C) groups is 1. The van der Waals surface area contributed by atoms with E-state index in [1.807, 2.05) is 18.3 Å². The summed E-state index contributed by atoms with van der Waals surface area (Å²) in [6.07, 6.45) is 2.93. The van der Waals surface area contributed by atoms with Gasteiger partial charge in [0.25, 0.3) is 0 Å². The lowest BCUT2D eigenvalue weighted by Crippen LogP contribution is -2.38. The van der Waals surface area contributed by atoms with Crippen molar-refractivity contribution in [1.29, 1.82) is 0 Å². The molecule has 0 saturated heterocycles. The van der Waals surface area contributed by atoms with Gasteiger partial charge in [0.2, 0.25) is 0 Å². The molecular weight excluding hydrogens is 459 g/mol. The number of hydrogen-bond acceptors (Lipinski definition) is 4. The van der Waals surface area contributed by atoms with Crippen molar-refractivity contribution < 1.29 is 4.74 Å². The number of benzene rings is 1. The van der Waals surface area contributed by atoms with Gasteiger partial charge in [-0.05, 0) is 43.9 Å². The van der Waals surface area contributed by atoms with Crippen LogP contribution >= 0.6 is 35.3 Å². The van der Waals surface area contributed by atoms with E-state index in [1.54, 1.807) is 18.4 Å². The lowest BCUT2D eigenvalue weighted by atomic mass is 9.98. The normalized spacial score (nSPS) is 12.2. The Morgan fingerprint density at radius 3 is 2.58 bits per heavy atom. The molecule has 0 spiro atoms. The fourth-order valence-corrected chi connectivity index (χ4v) is 3.18. The van der Waals surface area contributed by atoms with Crippen molar-refractivity contribution in [2.75, 3.05) is 20.2 Å². The van der Waals surface area contributed by atoms with Crippen LogP contribution in [0.2, 0.25) is 0 Å². The van der Waals surface area contributed by atoms with Crippen LogP contribution in [0.3, 0.4) is 0 Å². The Hall–Kier alpha value is -1.35. The average molecular weight is 488 g/mol. The van der Waals surface area contributed by atoms with Crippen molar-refractivity contribution in [1.82, 2.24) is 15.6 Å². The highest BCUT2D eigenvalue weighted by atomic mass is 127. The second-order valence-corrected chi connectivity index (χ2v) is 7.27. The Morgan fingerprint density at radius 1 is 1.27 bits per heavy atom. The van der Waals surface area contributed by atoms with Gasteiger partial charge in [-0.2, -0.15) is 0 Å². The van der Waals surface area contributed by atoms with Crippen LogP contribution in [0.5, 0.6) is 5.75 Å². The van der Waals surface area contributed by atoms with Crippen LogP contribution < -0.4 is 15.4 Å². The summed E-state index contributed by atoms with van der Waals surface area (Å²) < 4.78 is 5.21. The Kier molecular flexibility index (Phi) is 10.6. The second kappa shape index (κ2) is 12.1. The summed E-state index contributed by atoms with van der Waals surface area (Å²) in [4.78, 5) is 10.2. The Balaban J connectivity index is 0.00000338. The number of ether oxygens (including phenoxy) is 1. The van der Waals surface area contributed by atoms with Crippen molar-refractivity contribution in [3.8, 4) is 5.75 Å². The minimum atomic E-state index is 0. The van der Waals surface area contributed by atoms with Gasteiger partial charge in [-0.25, -0.2) is 9.98 Å². The molecule has 0 aliphatic rings. The van der Waals surface area contributed by atoms with Crippen molar-refractivity contribution in [2.45, 2.75) is 39.7 Å². The number of aryl methyl sites for hydroxylation is 1. The molecule has 1 aromatic carbocycles. The van der Waals surface area contributed by atoms with E-state index in [1.165, 1.54) is 10.4 Å². The molecule has 0 aliphatic heterocycles. The summed E-state index contributed by atoms with van der Waals surface area (Å²) in [5, 5.41) is 7.74. The standard InChI is InChI=1S/C19H28N4OS.HI/c1-5-20-19(23-13-18-22-12-15(3)25-18)21-11-10-14(2)16-6-8-17(24-4)9-7-16;/h6-9,12,14H,5,10-11,13H2,1-4H3,(H2,20,21,23);1H. The number of guanidine groups is 1. The molecule has 0 saturated carbocycles.